The van der Waals surface area contributed by atoms with E-state index in [2.05, 4.69) is 24.0 Å². The lowest BCUT2D eigenvalue weighted by atomic mass is 10.3. The van der Waals surface area contributed by atoms with Gasteiger partial charge in [0.2, 0.25) is 5.89 Å². The van der Waals surface area contributed by atoms with Crippen molar-refractivity contribution in [3.05, 3.63) is 11.7 Å². The molecule has 3 atom stereocenters. The first kappa shape index (κ1) is 11.5. The Morgan fingerprint density at radius 1 is 1.35 bits per heavy atom. The summed E-state index contributed by atoms with van der Waals surface area (Å²) < 4.78 is 10.9. The Hall–Kier alpha value is -0.550. The number of hydrogen-bond acceptors (Lipinski definition) is 5. The molecule has 94 valence electrons. The van der Waals surface area contributed by atoms with Crippen LogP contribution in [0.4, 0.5) is 0 Å². The normalized spacial score (nSPS) is 30.7. The summed E-state index contributed by atoms with van der Waals surface area (Å²) in [5, 5.41) is 4.89. The first-order valence-electron chi connectivity index (χ1n) is 6.34. The largest absolute Gasteiger partial charge is 0.377 e. The Kier molecular flexibility index (Phi) is 3.13. The molecule has 2 aliphatic rings. The maximum Gasteiger partial charge on any atom is 0.239 e. The molecule has 17 heavy (non-hydrogen) atoms. The second kappa shape index (κ2) is 4.61. The highest BCUT2D eigenvalue weighted by molar-refractivity contribution is 8.00. The molecule has 0 aromatic carbocycles. The molecule has 0 amide bonds. The van der Waals surface area contributed by atoms with Gasteiger partial charge in [0.05, 0.1) is 11.4 Å². The second-order valence-electron chi connectivity index (χ2n) is 4.95. The molecule has 0 unspecified atom stereocenters. The average molecular weight is 254 g/mol. The van der Waals surface area contributed by atoms with Crippen LogP contribution in [0.5, 0.6) is 0 Å². The van der Waals surface area contributed by atoms with Crippen LogP contribution in [0.2, 0.25) is 0 Å². The lowest BCUT2D eigenvalue weighted by molar-refractivity contribution is 0.127. The van der Waals surface area contributed by atoms with Gasteiger partial charge in [-0.05, 0) is 33.1 Å². The van der Waals surface area contributed by atoms with E-state index in [-0.39, 0.29) is 5.25 Å². The van der Waals surface area contributed by atoms with E-state index in [4.69, 9.17) is 9.26 Å². The third-order valence-electron chi connectivity index (χ3n) is 3.43. The zero-order valence-corrected chi connectivity index (χ0v) is 11.1. The summed E-state index contributed by atoms with van der Waals surface area (Å²) in [6, 6.07) is 0. The molecule has 5 heteroatoms. The molecule has 1 aromatic heterocycles. The molecule has 1 aliphatic carbocycles. The van der Waals surface area contributed by atoms with Gasteiger partial charge in [0, 0.05) is 17.8 Å². The number of rotatable bonds is 4. The maximum atomic E-state index is 5.57. The monoisotopic (exact) mass is 254 g/mol. The van der Waals surface area contributed by atoms with Crippen molar-refractivity contribution in [1.82, 2.24) is 10.1 Å². The van der Waals surface area contributed by atoms with Crippen LogP contribution in [0.25, 0.3) is 0 Å². The minimum absolute atomic E-state index is 0.268. The predicted octanol–water partition coefficient (Wildman–Crippen LogP) is 2.92. The quantitative estimate of drug-likeness (QED) is 0.826. The molecule has 1 saturated heterocycles. The average Bonchev–Trinajstić information content (AvgIpc) is 2.91. The van der Waals surface area contributed by atoms with Crippen LogP contribution in [0.15, 0.2) is 4.52 Å². The Labute approximate surface area is 105 Å². The van der Waals surface area contributed by atoms with Crippen LogP contribution in [-0.4, -0.2) is 28.1 Å². The van der Waals surface area contributed by atoms with Crippen LogP contribution in [0.3, 0.4) is 0 Å². The fourth-order valence-corrected chi connectivity index (χ4v) is 3.40. The molecular formula is C12H18N2O2S. The Morgan fingerprint density at radius 2 is 2.18 bits per heavy atom. The van der Waals surface area contributed by atoms with Crippen molar-refractivity contribution in [1.29, 1.82) is 0 Å². The van der Waals surface area contributed by atoms with Crippen molar-refractivity contribution in [2.75, 3.05) is 6.61 Å². The van der Waals surface area contributed by atoms with Crippen LogP contribution in [0, 0.1) is 0 Å². The zero-order chi connectivity index (χ0) is 11.8. The van der Waals surface area contributed by atoms with Gasteiger partial charge in [0.25, 0.3) is 0 Å². The zero-order valence-electron chi connectivity index (χ0n) is 10.3. The molecule has 1 aromatic rings. The Bertz CT molecular complexity index is 392. The SMILES string of the molecule is C[C@@H](S[C@H]1CCO[C@@H]1C)c1nc(C2CC2)no1. The highest BCUT2D eigenvalue weighted by atomic mass is 32.2. The van der Waals surface area contributed by atoms with Gasteiger partial charge < -0.3 is 9.26 Å². The van der Waals surface area contributed by atoms with Crippen molar-refractivity contribution in [3.63, 3.8) is 0 Å². The molecule has 3 rings (SSSR count). The lowest BCUT2D eigenvalue weighted by Crippen LogP contribution is -2.14. The summed E-state index contributed by atoms with van der Waals surface area (Å²) in [5.41, 5.74) is 0. The maximum absolute atomic E-state index is 5.57. The van der Waals surface area contributed by atoms with Gasteiger partial charge in [0.15, 0.2) is 5.82 Å². The second-order valence-corrected chi connectivity index (χ2v) is 6.53. The van der Waals surface area contributed by atoms with E-state index in [1.807, 2.05) is 11.8 Å². The first-order chi connectivity index (χ1) is 8.24. The van der Waals surface area contributed by atoms with Gasteiger partial charge in [-0.25, -0.2) is 0 Å². The van der Waals surface area contributed by atoms with E-state index < -0.39 is 0 Å². The van der Waals surface area contributed by atoms with E-state index in [0.29, 0.717) is 17.3 Å². The molecule has 0 spiro atoms. The van der Waals surface area contributed by atoms with Crippen molar-refractivity contribution in [3.8, 4) is 0 Å². The molecular weight excluding hydrogens is 236 g/mol. The summed E-state index contributed by atoms with van der Waals surface area (Å²) >= 11 is 1.89. The summed E-state index contributed by atoms with van der Waals surface area (Å²) in [6.07, 6.45) is 3.90. The van der Waals surface area contributed by atoms with Gasteiger partial charge in [-0.2, -0.15) is 4.98 Å². The third kappa shape index (κ3) is 2.50. The van der Waals surface area contributed by atoms with Crippen molar-refractivity contribution < 1.29 is 9.26 Å². The number of aromatic nitrogens is 2. The van der Waals surface area contributed by atoms with Crippen molar-refractivity contribution in [2.45, 2.75) is 55.6 Å². The van der Waals surface area contributed by atoms with E-state index in [1.165, 1.54) is 12.8 Å². The molecule has 4 nitrogen and oxygen atoms in total. The summed E-state index contributed by atoms with van der Waals surface area (Å²) in [6.45, 7) is 5.16. The fourth-order valence-electron chi connectivity index (χ4n) is 2.13. The number of ether oxygens (including phenoxy) is 1. The minimum atomic E-state index is 0.268. The smallest absolute Gasteiger partial charge is 0.239 e. The molecule has 0 bridgehead atoms. The molecule has 0 radical (unpaired) electrons. The van der Waals surface area contributed by atoms with Crippen LogP contribution in [0.1, 0.15) is 56.0 Å². The standard InChI is InChI=1S/C12H18N2O2S/c1-7-10(5-6-15-7)17-8(2)12-13-11(14-16-12)9-3-4-9/h7-10H,3-6H2,1-2H3/t7-,8-,10+/m1/s1. The summed E-state index contributed by atoms with van der Waals surface area (Å²) in [5.74, 6) is 2.25. The van der Waals surface area contributed by atoms with Gasteiger partial charge in [-0.1, -0.05) is 5.16 Å². The molecule has 0 N–H and O–H groups in total. The van der Waals surface area contributed by atoms with E-state index >= 15 is 0 Å². The van der Waals surface area contributed by atoms with Gasteiger partial charge >= 0.3 is 0 Å². The summed E-state index contributed by atoms with van der Waals surface area (Å²) in [7, 11) is 0. The molecule has 1 saturated carbocycles. The lowest BCUT2D eigenvalue weighted by Gasteiger charge is -2.16. The minimum Gasteiger partial charge on any atom is -0.377 e. The number of hydrogen-bond donors (Lipinski definition) is 0. The van der Waals surface area contributed by atoms with Crippen molar-refractivity contribution >= 4 is 11.8 Å². The number of thioether (sulfide) groups is 1. The molecule has 2 fully saturated rings. The van der Waals surface area contributed by atoms with Gasteiger partial charge in [-0.3, -0.25) is 0 Å². The number of nitrogens with zero attached hydrogens (tertiary/aromatic N) is 2. The predicted molar refractivity (Wildman–Crippen MR) is 66.1 cm³/mol. The Morgan fingerprint density at radius 3 is 2.82 bits per heavy atom. The fraction of sp³-hybridized carbons (Fsp3) is 0.833. The van der Waals surface area contributed by atoms with E-state index in [9.17, 15) is 0 Å². The van der Waals surface area contributed by atoms with E-state index in [1.54, 1.807) is 0 Å². The van der Waals surface area contributed by atoms with Gasteiger partial charge in [0.1, 0.15) is 0 Å². The van der Waals surface area contributed by atoms with Crippen molar-refractivity contribution in [2.24, 2.45) is 0 Å². The van der Waals surface area contributed by atoms with Crippen LogP contribution < -0.4 is 0 Å². The van der Waals surface area contributed by atoms with Crippen LogP contribution in [-0.2, 0) is 4.74 Å². The molecule has 2 heterocycles. The third-order valence-corrected chi connectivity index (χ3v) is 5.01. The van der Waals surface area contributed by atoms with Gasteiger partial charge in [-0.15, -0.1) is 11.8 Å². The Balaban J connectivity index is 1.62. The summed E-state index contributed by atoms with van der Waals surface area (Å²) in [4.78, 5) is 4.50. The van der Waals surface area contributed by atoms with Crippen LogP contribution >= 0.6 is 11.8 Å². The topological polar surface area (TPSA) is 48.2 Å². The first-order valence-corrected chi connectivity index (χ1v) is 7.29. The highest BCUT2D eigenvalue weighted by Gasteiger charge is 2.32. The van der Waals surface area contributed by atoms with E-state index in [0.717, 1.165) is 24.7 Å². The molecule has 1 aliphatic heterocycles. The highest BCUT2D eigenvalue weighted by Crippen LogP contribution is 2.41.